The Morgan fingerprint density at radius 2 is 2.35 bits per heavy atom. The zero-order chi connectivity index (χ0) is 12.5. The van der Waals surface area contributed by atoms with E-state index in [1.807, 2.05) is 6.07 Å². The predicted octanol–water partition coefficient (Wildman–Crippen LogP) is 2.44. The molecular weight excluding hydrogens is 245 g/mol. The summed E-state index contributed by atoms with van der Waals surface area (Å²) in [5, 5.41) is 19.5. The number of aliphatic hydroxyl groups is 1. The van der Waals surface area contributed by atoms with E-state index in [4.69, 9.17) is 16.3 Å². The lowest BCUT2D eigenvalue weighted by Gasteiger charge is -2.26. The largest absolute Gasteiger partial charge is 0.386 e. The molecule has 0 aliphatic carbocycles. The van der Waals surface area contributed by atoms with Crippen molar-refractivity contribution < 1.29 is 14.2 Å². The monoisotopic (exact) mass is 255 g/mol. The molecule has 17 heavy (non-hydrogen) atoms. The molecule has 1 aliphatic rings. The first-order valence-electron chi connectivity index (χ1n) is 5.22. The average Bonchev–Trinajstić information content (AvgIpc) is 2.78. The lowest BCUT2D eigenvalue weighted by atomic mass is 9.79. The Morgan fingerprint density at radius 3 is 2.88 bits per heavy atom. The van der Waals surface area contributed by atoms with Crippen LogP contribution in [0.15, 0.2) is 18.2 Å². The van der Waals surface area contributed by atoms with E-state index in [2.05, 4.69) is 0 Å². The highest BCUT2D eigenvalue weighted by atomic mass is 35.5. The van der Waals surface area contributed by atoms with Gasteiger partial charge in [0.05, 0.1) is 12.7 Å². The van der Waals surface area contributed by atoms with Gasteiger partial charge in [0.2, 0.25) is 0 Å². The highest BCUT2D eigenvalue weighted by Gasteiger charge is 2.44. The lowest BCUT2D eigenvalue weighted by Crippen LogP contribution is -2.28. The zero-order valence-electron chi connectivity index (χ0n) is 8.99. The van der Waals surface area contributed by atoms with E-state index in [0.29, 0.717) is 13.0 Å². The first-order chi connectivity index (χ1) is 8.10. The molecule has 1 aliphatic heterocycles. The third kappa shape index (κ3) is 2.02. The summed E-state index contributed by atoms with van der Waals surface area (Å²) in [4.78, 5) is 0. The molecule has 1 fully saturated rings. The van der Waals surface area contributed by atoms with E-state index in [-0.39, 0.29) is 17.2 Å². The molecule has 0 saturated carbocycles. The van der Waals surface area contributed by atoms with Crippen molar-refractivity contribution in [1.82, 2.24) is 0 Å². The molecule has 5 heteroatoms. The summed E-state index contributed by atoms with van der Waals surface area (Å²) < 4.78 is 18.8. The molecule has 0 spiro atoms. The number of nitriles is 1. The van der Waals surface area contributed by atoms with Gasteiger partial charge in [0.1, 0.15) is 17.3 Å². The van der Waals surface area contributed by atoms with Gasteiger partial charge in [0.25, 0.3) is 0 Å². The predicted molar refractivity (Wildman–Crippen MR) is 59.9 cm³/mol. The first kappa shape index (κ1) is 12.3. The van der Waals surface area contributed by atoms with Crippen LogP contribution in [0.4, 0.5) is 4.39 Å². The minimum Gasteiger partial charge on any atom is -0.386 e. The summed E-state index contributed by atoms with van der Waals surface area (Å²) in [6.07, 6.45) is -0.904. The van der Waals surface area contributed by atoms with Crippen molar-refractivity contribution in [2.45, 2.75) is 12.5 Å². The highest BCUT2D eigenvalue weighted by Crippen LogP contribution is 2.43. The van der Waals surface area contributed by atoms with Crippen LogP contribution in [0, 0.1) is 22.6 Å². The maximum atomic E-state index is 13.7. The zero-order valence-corrected chi connectivity index (χ0v) is 9.75. The molecule has 0 amide bonds. The number of hydrogen-bond donors (Lipinski definition) is 1. The smallest absolute Gasteiger partial charge is 0.130 e. The van der Waals surface area contributed by atoms with Crippen LogP contribution in [0.25, 0.3) is 0 Å². The second-order valence-electron chi connectivity index (χ2n) is 4.11. The van der Waals surface area contributed by atoms with Crippen LogP contribution in [0.5, 0.6) is 0 Å². The number of ether oxygens (including phenoxy) is 1. The first-order valence-corrected chi connectivity index (χ1v) is 5.59. The van der Waals surface area contributed by atoms with E-state index >= 15 is 0 Å². The molecule has 2 unspecified atom stereocenters. The molecule has 3 nitrogen and oxygen atoms in total. The standard InChI is InChI=1S/C12H11ClFNO2/c13-8-2-1-3-9(14)10(8)11(16)12(6-15)4-5-17-7-12/h1-3,11,16H,4-5,7H2. The molecule has 1 saturated heterocycles. The van der Waals surface area contributed by atoms with Crippen molar-refractivity contribution in [3.05, 3.63) is 34.6 Å². The Balaban J connectivity index is 2.43. The van der Waals surface area contributed by atoms with Crippen LogP contribution in [0.3, 0.4) is 0 Å². The molecule has 1 N–H and O–H groups in total. The molecule has 0 radical (unpaired) electrons. The third-order valence-corrected chi connectivity index (χ3v) is 3.40. The Morgan fingerprint density at radius 1 is 1.59 bits per heavy atom. The molecule has 2 atom stereocenters. The summed E-state index contributed by atoms with van der Waals surface area (Å²) >= 11 is 5.87. The fraction of sp³-hybridized carbons (Fsp3) is 0.417. The van der Waals surface area contributed by atoms with Gasteiger partial charge < -0.3 is 9.84 Å². The van der Waals surface area contributed by atoms with Crippen LogP contribution in [-0.4, -0.2) is 18.3 Å². The summed E-state index contributed by atoms with van der Waals surface area (Å²) in [7, 11) is 0. The second kappa shape index (κ2) is 4.61. The van der Waals surface area contributed by atoms with Gasteiger partial charge in [0.15, 0.2) is 0 Å². The molecule has 2 rings (SSSR count). The lowest BCUT2D eigenvalue weighted by molar-refractivity contribution is 0.0479. The summed E-state index contributed by atoms with van der Waals surface area (Å²) in [5.41, 5.74) is -1.13. The summed E-state index contributed by atoms with van der Waals surface area (Å²) in [6.45, 7) is 0.478. The van der Waals surface area contributed by atoms with Gasteiger partial charge in [-0.1, -0.05) is 17.7 Å². The number of halogens is 2. The maximum Gasteiger partial charge on any atom is 0.130 e. The van der Waals surface area contributed by atoms with Crippen LogP contribution in [-0.2, 0) is 4.74 Å². The number of rotatable bonds is 2. The number of benzene rings is 1. The summed E-state index contributed by atoms with van der Waals surface area (Å²) in [5.74, 6) is -0.605. The highest BCUT2D eigenvalue weighted by molar-refractivity contribution is 6.31. The molecule has 1 aromatic carbocycles. The maximum absolute atomic E-state index is 13.7. The van der Waals surface area contributed by atoms with Gasteiger partial charge in [-0.2, -0.15) is 5.26 Å². The van der Waals surface area contributed by atoms with E-state index in [9.17, 15) is 14.8 Å². The van der Waals surface area contributed by atoms with E-state index < -0.39 is 17.3 Å². The Hall–Kier alpha value is -1.15. The minimum absolute atomic E-state index is 0.0267. The summed E-state index contributed by atoms with van der Waals surface area (Å²) in [6, 6.07) is 6.19. The Labute approximate surface area is 103 Å². The Bertz CT molecular complexity index is 446. The molecule has 90 valence electrons. The van der Waals surface area contributed by atoms with Gasteiger partial charge in [-0.15, -0.1) is 0 Å². The van der Waals surface area contributed by atoms with Gasteiger partial charge in [-0.25, -0.2) is 4.39 Å². The fourth-order valence-electron chi connectivity index (χ4n) is 1.99. The molecule has 1 aromatic rings. The van der Waals surface area contributed by atoms with Crippen LogP contribution >= 0.6 is 11.6 Å². The second-order valence-corrected chi connectivity index (χ2v) is 4.52. The van der Waals surface area contributed by atoms with Gasteiger partial charge in [0, 0.05) is 17.2 Å². The number of aliphatic hydroxyl groups excluding tert-OH is 1. The van der Waals surface area contributed by atoms with Crippen LogP contribution in [0.1, 0.15) is 18.1 Å². The van der Waals surface area contributed by atoms with E-state index in [1.165, 1.54) is 18.2 Å². The van der Waals surface area contributed by atoms with Crippen molar-refractivity contribution in [2.24, 2.45) is 5.41 Å². The van der Waals surface area contributed by atoms with Crippen LogP contribution in [0.2, 0.25) is 5.02 Å². The fourth-order valence-corrected chi connectivity index (χ4v) is 2.26. The van der Waals surface area contributed by atoms with Gasteiger partial charge in [-0.05, 0) is 18.6 Å². The van der Waals surface area contributed by atoms with Crippen molar-refractivity contribution >= 4 is 11.6 Å². The SMILES string of the molecule is N#CC1(C(O)c2c(F)cccc2Cl)CCOC1. The third-order valence-electron chi connectivity index (χ3n) is 3.07. The van der Waals surface area contributed by atoms with E-state index in [0.717, 1.165) is 0 Å². The topological polar surface area (TPSA) is 53.2 Å². The molecule has 0 bridgehead atoms. The molecule has 0 aromatic heterocycles. The normalized spacial score (nSPS) is 25.5. The average molecular weight is 256 g/mol. The number of nitrogens with zero attached hydrogens (tertiary/aromatic N) is 1. The van der Waals surface area contributed by atoms with Crippen LogP contribution < -0.4 is 0 Å². The van der Waals surface area contributed by atoms with Gasteiger partial charge >= 0.3 is 0 Å². The van der Waals surface area contributed by atoms with Gasteiger partial charge in [-0.3, -0.25) is 0 Å². The van der Waals surface area contributed by atoms with Crippen molar-refractivity contribution in [3.8, 4) is 6.07 Å². The minimum atomic E-state index is -1.27. The van der Waals surface area contributed by atoms with Crippen molar-refractivity contribution in [2.75, 3.05) is 13.2 Å². The quantitative estimate of drug-likeness (QED) is 0.883. The van der Waals surface area contributed by atoms with Crippen molar-refractivity contribution in [1.29, 1.82) is 5.26 Å². The molecular formula is C12H11ClFNO2. The Kier molecular flexibility index (Phi) is 3.34. The van der Waals surface area contributed by atoms with E-state index in [1.54, 1.807) is 0 Å². The van der Waals surface area contributed by atoms with Crippen molar-refractivity contribution in [3.63, 3.8) is 0 Å². The number of hydrogen-bond acceptors (Lipinski definition) is 3. The molecule has 1 heterocycles.